The first-order chi connectivity index (χ1) is 4.43. The molecule has 9 heavy (non-hydrogen) atoms. The lowest BCUT2D eigenvalue weighted by molar-refractivity contribution is -0.568. The number of rotatable bonds is 1. The van der Waals surface area contributed by atoms with Crippen molar-refractivity contribution in [2.24, 2.45) is 0 Å². The van der Waals surface area contributed by atoms with Gasteiger partial charge in [0.15, 0.2) is 18.6 Å². The highest BCUT2D eigenvalue weighted by molar-refractivity contribution is 5.03. The van der Waals surface area contributed by atoms with Gasteiger partial charge >= 0.3 is 0 Å². The molecule has 0 spiro atoms. The van der Waals surface area contributed by atoms with E-state index in [0.717, 1.165) is 0 Å². The summed E-state index contributed by atoms with van der Waals surface area (Å²) in [5.41, 5.74) is 0. The molecule has 0 saturated carbocycles. The lowest BCUT2D eigenvalue weighted by atomic mass is 10.5. The van der Waals surface area contributed by atoms with E-state index in [2.05, 4.69) is 0 Å². The Kier molecular flexibility index (Phi) is 2.02. The monoisotopic (exact) mass is 120 g/mol. The van der Waals surface area contributed by atoms with Crippen molar-refractivity contribution < 1.29 is 4.57 Å². The van der Waals surface area contributed by atoms with Gasteiger partial charge in [-0.2, -0.15) is 4.57 Å². The highest BCUT2D eigenvalue weighted by Crippen LogP contribution is 1.76. The van der Waals surface area contributed by atoms with E-state index >= 15 is 0 Å². The molecule has 46 valence electrons. The van der Waals surface area contributed by atoms with E-state index < -0.39 is 0 Å². The molecule has 1 aromatic rings. The van der Waals surface area contributed by atoms with Crippen LogP contribution in [0, 0.1) is 0 Å². The van der Waals surface area contributed by atoms with Crippen molar-refractivity contribution in [3.05, 3.63) is 36.7 Å². The van der Waals surface area contributed by atoms with Crippen LogP contribution in [0.2, 0.25) is 0 Å². The Balaban J connectivity index is 2.85. The zero-order valence-corrected chi connectivity index (χ0v) is 5.49. The van der Waals surface area contributed by atoms with Crippen LogP contribution in [0.5, 0.6) is 0 Å². The van der Waals surface area contributed by atoms with Crippen LogP contribution >= 0.6 is 0 Å². The van der Waals surface area contributed by atoms with Crippen molar-refractivity contribution in [1.82, 2.24) is 0 Å². The second-order valence-electron chi connectivity index (χ2n) is 1.81. The van der Waals surface area contributed by atoms with Gasteiger partial charge in [-0.05, 0) is 13.0 Å². The zero-order valence-electron chi connectivity index (χ0n) is 5.49. The number of allylic oxidation sites excluding steroid dienone is 1. The van der Waals surface area contributed by atoms with Crippen molar-refractivity contribution in [1.29, 1.82) is 0 Å². The Morgan fingerprint density at radius 3 is 2.33 bits per heavy atom. The number of hydrogen-bond donors (Lipinski definition) is 0. The zero-order chi connectivity index (χ0) is 6.53. The first kappa shape index (κ1) is 6.02. The molecule has 0 atom stereocenters. The van der Waals surface area contributed by atoms with Gasteiger partial charge in [-0.25, -0.2) is 0 Å². The van der Waals surface area contributed by atoms with Crippen LogP contribution < -0.4 is 4.57 Å². The molecule has 1 rings (SSSR count). The third-order valence-corrected chi connectivity index (χ3v) is 1.06. The molecule has 1 heterocycles. The summed E-state index contributed by atoms with van der Waals surface area (Å²) in [6.45, 7) is 2.00. The SMILES string of the molecule is CC=C[n+]1ccccc1. The molecule has 0 aliphatic carbocycles. The Morgan fingerprint density at radius 1 is 1.11 bits per heavy atom. The summed E-state index contributed by atoms with van der Waals surface area (Å²) < 4.78 is 2.00. The quantitative estimate of drug-likeness (QED) is 0.494. The molecule has 0 aromatic carbocycles. The van der Waals surface area contributed by atoms with Crippen molar-refractivity contribution >= 4 is 6.20 Å². The van der Waals surface area contributed by atoms with E-state index in [1.165, 1.54) is 0 Å². The van der Waals surface area contributed by atoms with Gasteiger partial charge in [0.25, 0.3) is 0 Å². The molecular weight excluding hydrogens is 110 g/mol. The van der Waals surface area contributed by atoms with Crippen LogP contribution in [0.25, 0.3) is 6.20 Å². The van der Waals surface area contributed by atoms with Gasteiger partial charge in [0, 0.05) is 12.1 Å². The van der Waals surface area contributed by atoms with Gasteiger partial charge in [0.1, 0.15) is 0 Å². The second-order valence-corrected chi connectivity index (χ2v) is 1.81. The predicted molar refractivity (Wildman–Crippen MR) is 37.6 cm³/mol. The van der Waals surface area contributed by atoms with Crippen LogP contribution in [0.3, 0.4) is 0 Å². The van der Waals surface area contributed by atoms with Gasteiger partial charge in [0.05, 0.1) is 0 Å². The summed E-state index contributed by atoms with van der Waals surface area (Å²) in [6.07, 6.45) is 8.00. The minimum atomic E-state index is 2.00. The van der Waals surface area contributed by atoms with Crippen LogP contribution in [-0.4, -0.2) is 0 Å². The van der Waals surface area contributed by atoms with Crippen LogP contribution in [0.1, 0.15) is 6.92 Å². The molecule has 1 heteroatoms. The normalized spacial score (nSPS) is 10.3. The Morgan fingerprint density at radius 2 is 1.78 bits per heavy atom. The molecule has 0 saturated heterocycles. The van der Waals surface area contributed by atoms with E-state index in [-0.39, 0.29) is 0 Å². The summed E-state index contributed by atoms with van der Waals surface area (Å²) in [5.74, 6) is 0. The molecule has 0 aliphatic heterocycles. The van der Waals surface area contributed by atoms with E-state index in [4.69, 9.17) is 0 Å². The van der Waals surface area contributed by atoms with E-state index in [1.807, 2.05) is 54.4 Å². The summed E-state index contributed by atoms with van der Waals surface area (Å²) in [7, 11) is 0. The maximum atomic E-state index is 2.00. The molecule has 0 amide bonds. The average molecular weight is 120 g/mol. The van der Waals surface area contributed by atoms with Gasteiger partial charge in [-0.15, -0.1) is 0 Å². The van der Waals surface area contributed by atoms with Crippen molar-refractivity contribution in [2.75, 3.05) is 0 Å². The minimum absolute atomic E-state index is 2.00. The summed E-state index contributed by atoms with van der Waals surface area (Å²) >= 11 is 0. The highest BCUT2D eigenvalue weighted by atomic mass is 14.9. The molecule has 0 aliphatic rings. The summed E-state index contributed by atoms with van der Waals surface area (Å²) in [4.78, 5) is 0. The van der Waals surface area contributed by atoms with Gasteiger partial charge < -0.3 is 0 Å². The molecular formula is C8H10N+. The Labute approximate surface area is 55.3 Å². The molecule has 0 N–H and O–H groups in total. The smallest absolute Gasteiger partial charge is 0.174 e. The predicted octanol–water partition coefficient (Wildman–Crippen LogP) is 1.46. The van der Waals surface area contributed by atoms with E-state index in [1.54, 1.807) is 0 Å². The lowest BCUT2D eigenvalue weighted by Crippen LogP contribution is -2.23. The highest BCUT2D eigenvalue weighted by Gasteiger charge is 1.84. The van der Waals surface area contributed by atoms with Gasteiger partial charge in [0.2, 0.25) is 0 Å². The molecule has 0 unspecified atom stereocenters. The fourth-order valence-electron chi connectivity index (χ4n) is 0.683. The standard InChI is InChI=1S/C8H10N/c1-2-6-9-7-4-3-5-8-9/h2-8H,1H3/q+1. The van der Waals surface area contributed by atoms with Crippen molar-refractivity contribution in [2.45, 2.75) is 6.92 Å². The van der Waals surface area contributed by atoms with Crippen LogP contribution in [0.4, 0.5) is 0 Å². The third-order valence-electron chi connectivity index (χ3n) is 1.06. The number of pyridine rings is 1. The average Bonchev–Trinajstić information content (AvgIpc) is 1.91. The first-order valence-electron chi connectivity index (χ1n) is 3.02. The van der Waals surface area contributed by atoms with Gasteiger partial charge in [-0.1, -0.05) is 6.07 Å². The number of nitrogens with zero attached hydrogens (tertiary/aromatic N) is 1. The summed E-state index contributed by atoms with van der Waals surface area (Å²) in [6, 6.07) is 6.00. The summed E-state index contributed by atoms with van der Waals surface area (Å²) in [5, 5.41) is 0. The maximum absolute atomic E-state index is 2.00. The van der Waals surface area contributed by atoms with E-state index in [9.17, 15) is 0 Å². The number of aromatic nitrogens is 1. The van der Waals surface area contributed by atoms with Crippen LogP contribution in [0.15, 0.2) is 36.7 Å². The van der Waals surface area contributed by atoms with Crippen molar-refractivity contribution in [3.63, 3.8) is 0 Å². The lowest BCUT2D eigenvalue weighted by Gasteiger charge is -1.80. The number of hydrogen-bond acceptors (Lipinski definition) is 0. The van der Waals surface area contributed by atoms with Gasteiger partial charge in [-0.3, -0.25) is 0 Å². The fourth-order valence-corrected chi connectivity index (χ4v) is 0.683. The largest absolute Gasteiger partial charge is 0.174 e. The molecule has 0 fully saturated rings. The Bertz CT molecular complexity index is 189. The second kappa shape index (κ2) is 3.02. The van der Waals surface area contributed by atoms with Crippen molar-refractivity contribution in [3.8, 4) is 0 Å². The topological polar surface area (TPSA) is 3.88 Å². The molecule has 0 bridgehead atoms. The molecule has 1 nitrogen and oxygen atoms in total. The molecule has 0 radical (unpaired) electrons. The maximum Gasteiger partial charge on any atom is 0.174 e. The first-order valence-corrected chi connectivity index (χ1v) is 3.02. The molecule has 1 aromatic heterocycles. The minimum Gasteiger partial charge on any atom is -0.174 e. The van der Waals surface area contributed by atoms with Crippen LogP contribution in [-0.2, 0) is 0 Å². The van der Waals surface area contributed by atoms with E-state index in [0.29, 0.717) is 0 Å². The fraction of sp³-hybridized carbons (Fsp3) is 0.125. The third kappa shape index (κ3) is 1.68. The Hall–Kier alpha value is -1.11.